The van der Waals surface area contributed by atoms with Gasteiger partial charge in [-0.2, -0.15) is 0 Å². The average Bonchev–Trinajstić information content (AvgIpc) is 2.69. The molecule has 0 aliphatic carbocycles. The van der Waals surface area contributed by atoms with Crippen molar-refractivity contribution in [3.63, 3.8) is 0 Å². The fraction of sp³-hybridized carbons (Fsp3) is 0.444. The summed E-state index contributed by atoms with van der Waals surface area (Å²) in [5.41, 5.74) is 1.97. The van der Waals surface area contributed by atoms with Crippen molar-refractivity contribution >= 4 is 23.7 Å². The minimum Gasteiger partial charge on any atom is -0.479 e. The lowest BCUT2D eigenvalue weighted by atomic mass is 10.2. The molecule has 0 aliphatic heterocycles. The largest absolute Gasteiger partial charge is 0.479 e. The van der Waals surface area contributed by atoms with Crippen LogP contribution in [0, 0.1) is 0 Å². The maximum atomic E-state index is 11.0. The highest BCUT2D eigenvalue weighted by molar-refractivity contribution is 7.07. The van der Waals surface area contributed by atoms with Gasteiger partial charge >= 0.3 is 5.97 Å². The van der Waals surface area contributed by atoms with E-state index in [2.05, 4.69) is 4.98 Å². The van der Waals surface area contributed by atoms with E-state index >= 15 is 0 Å². The maximum absolute atomic E-state index is 11.0. The van der Waals surface area contributed by atoms with Gasteiger partial charge in [0.15, 0.2) is 6.04 Å². The molecule has 1 heterocycles. The van der Waals surface area contributed by atoms with Gasteiger partial charge in [-0.1, -0.05) is 6.92 Å². The molecule has 1 aromatic rings. The van der Waals surface area contributed by atoms with Crippen LogP contribution in [0.15, 0.2) is 10.9 Å². The highest BCUT2D eigenvalue weighted by atomic mass is 32.1. The summed E-state index contributed by atoms with van der Waals surface area (Å²) in [6.07, 6.45) is 1.27. The molecule has 0 aromatic carbocycles. The minimum absolute atomic E-state index is 0.410. The highest BCUT2D eigenvalue weighted by Gasteiger charge is 2.27. The molecule has 0 bridgehead atoms. The Labute approximate surface area is 91.4 Å². The number of thiazole rings is 1. The van der Waals surface area contributed by atoms with E-state index in [0.717, 1.165) is 0 Å². The molecule has 0 saturated heterocycles. The molecule has 1 rings (SSSR count). The second-order valence-electron chi connectivity index (χ2n) is 3.00. The van der Waals surface area contributed by atoms with Gasteiger partial charge in [-0.25, -0.2) is 9.78 Å². The zero-order valence-electron chi connectivity index (χ0n) is 8.29. The number of hydrogen-bond donors (Lipinski definition) is 1. The van der Waals surface area contributed by atoms with Gasteiger partial charge < -0.3 is 10.0 Å². The van der Waals surface area contributed by atoms with Crippen LogP contribution in [-0.4, -0.2) is 33.9 Å². The third-order valence-electron chi connectivity index (χ3n) is 1.91. The number of carbonyl (C=O) groups is 2. The lowest BCUT2D eigenvalue weighted by Gasteiger charge is -2.22. The first-order valence-electron chi connectivity index (χ1n) is 4.52. The van der Waals surface area contributed by atoms with Gasteiger partial charge in [-0.3, -0.25) is 4.79 Å². The standard InChI is InChI=1S/C9H12N2O3S/c1-2-3-11(6-12)8(9(13)14)7-4-15-5-10-7/h4-6,8H,2-3H2,1H3,(H,13,14). The monoisotopic (exact) mass is 228 g/mol. The van der Waals surface area contributed by atoms with Crippen molar-refractivity contribution in [3.05, 3.63) is 16.6 Å². The van der Waals surface area contributed by atoms with E-state index in [1.807, 2.05) is 6.92 Å². The lowest BCUT2D eigenvalue weighted by molar-refractivity contribution is -0.146. The first kappa shape index (κ1) is 11.6. The Hall–Kier alpha value is -1.43. The molecule has 1 aromatic heterocycles. The molecule has 6 heteroatoms. The van der Waals surface area contributed by atoms with Gasteiger partial charge in [-0.15, -0.1) is 11.3 Å². The summed E-state index contributed by atoms with van der Waals surface area (Å²) in [6, 6.07) is -0.964. The summed E-state index contributed by atoms with van der Waals surface area (Å²) in [6.45, 7) is 2.30. The second kappa shape index (κ2) is 5.45. The van der Waals surface area contributed by atoms with Crippen molar-refractivity contribution in [1.29, 1.82) is 0 Å². The summed E-state index contributed by atoms with van der Waals surface area (Å²) < 4.78 is 0. The van der Waals surface area contributed by atoms with Crippen LogP contribution >= 0.6 is 11.3 Å². The van der Waals surface area contributed by atoms with Crippen molar-refractivity contribution in [2.75, 3.05) is 6.54 Å². The number of carboxylic acids is 1. The zero-order valence-corrected chi connectivity index (χ0v) is 9.11. The molecule has 0 radical (unpaired) electrons. The van der Waals surface area contributed by atoms with Crippen LogP contribution in [0.3, 0.4) is 0 Å². The molecule has 1 unspecified atom stereocenters. The maximum Gasteiger partial charge on any atom is 0.332 e. The summed E-state index contributed by atoms with van der Waals surface area (Å²) in [5, 5.41) is 10.7. The van der Waals surface area contributed by atoms with Crippen LogP contribution in [0.1, 0.15) is 25.1 Å². The molecular formula is C9H12N2O3S. The van der Waals surface area contributed by atoms with Crippen LogP contribution in [0.25, 0.3) is 0 Å². The Bertz CT molecular complexity index is 326. The number of carboxylic acid groups (broad SMARTS) is 1. The Morgan fingerprint density at radius 3 is 2.93 bits per heavy atom. The van der Waals surface area contributed by atoms with E-state index in [-0.39, 0.29) is 0 Å². The molecule has 1 atom stereocenters. The third-order valence-corrected chi connectivity index (χ3v) is 2.52. The first-order valence-corrected chi connectivity index (χ1v) is 5.47. The number of amides is 1. The average molecular weight is 228 g/mol. The van der Waals surface area contributed by atoms with Gasteiger partial charge in [0, 0.05) is 11.9 Å². The van der Waals surface area contributed by atoms with E-state index in [1.165, 1.54) is 16.2 Å². The number of hydrogen-bond acceptors (Lipinski definition) is 4. The van der Waals surface area contributed by atoms with E-state index < -0.39 is 12.0 Å². The zero-order chi connectivity index (χ0) is 11.3. The van der Waals surface area contributed by atoms with E-state index in [4.69, 9.17) is 5.11 Å². The lowest BCUT2D eigenvalue weighted by Crippen LogP contribution is -2.33. The first-order chi connectivity index (χ1) is 7.20. The van der Waals surface area contributed by atoms with Gasteiger partial charge in [0.25, 0.3) is 0 Å². The summed E-state index contributed by atoms with van der Waals surface area (Å²) in [7, 11) is 0. The Morgan fingerprint density at radius 1 is 1.80 bits per heavy atom. The predicted octanol–water partition coefficient (Wildman–Crippen LogP) is 1.14. The van der Waals surface area contributed by atoms with E-state index in [9.17, 15) is 9.59 Å². The van der Waals surface area contributed by atoms with Gasteiger partial charge in [0.2, 0.25) is 6.41 Å². The second-order valence-corrected chi connectivity index (χ2v) is 3.72. The predicted molar refractivity (Wildman–Crippen MR) is 55.6 cm³/mol. The SMILES string of the molecule is CCCN(C=O)C(C(=O)O)c1cscn1. The van der Waals surface area contributed by atoms with E-state index in [0.29, 0.717) is 25.1 Å². The molecule has 0 fully saturated rings. The van der Waals surface area contributed by atoms with E-state index in [1.54, 1.807) is 10.9 Å². The number of carbonyl (C=O) groups excluding carboxylic acids is 1. The highest BCUT2D eigenvalue weighted by Crippen LogP contribution is 2.19. The van der Waals surface area contributed by atoms with Crippen molar-refractivity contribution < 1.29 is 14.7 Å². The number of aliphatic carboxylic acids is 1. The van der Waals surface area contributed by atoms with Gasteiger partial charge in [0.05, 0.1) is 11.2 Å². The van der Waals surface area contributed by atoms with Gasteiger partial charge in [-0.05, 0) is 6.42 Å². The van der Waals surface area contributed by atoms with Crippen molar-refractivity contribution in [2.24, 2.45) is 0 Å². The normalized spacial score (nSPS) is 12.1. The molecule has 1 amide bonds. The summed E-state index contributed by atoms with van der Waals surface area (Å²) in [4.78, 5) is 27.0. The van der Waals surface area contributed by atoms with Crippen molar-refractivity contribution in [1.82, 2.24) is 9.88 Å². The molecular weight excluding hydrogens is 216 g/mol. The number of nitrogens with zero attached hydrogens (tertiary/aromatic N) is 2. The van der Waals surface area contributed by atoms with Crippen molar-refractivity contribution in [3.8, 4) is 0 Å². The van der Waals surface area contributed by atoms with Crippen LogP contribution < -0.4 is 0 Å². The molecule has 0 spiro atoms. The Morgan fingerprint density at radius 2 is 2.53 bits per heavy atom. The molecule has 82 valence electrons. The van der Waals surface area contributed by atoms with Crippen LogP contribution in [0.4, 0.5) is 0 Å². The fourth-order valence-corrected chi connectivity index (χ4v) is 1.87. The topological polar surface area (TPSA) is 70.5 Å². The molecule has 5 nitrogen and oxygen atoms in total. The number of aromatic nitrogens is 1. The minimum atomic E-state index is -1.05. The van der Waals surface area contributed by atoms with Crippen LogP contribution in [0.5, 0.6) is 0 Å². The molecule has 0 saturated carbocycles. The Kier molecular flexibility index (Phi) is 4.23. The Balaban J connectivity index is 2.91. The summed E-state index contributed by atoms with van der Waals surface area (Å²) in [5.74, 6) is -1.05. The third kappa shape index (κ3) is 2.76. The van der Waals surface area contributed by atoms with Crippen molar-refractivity contribution in [2.45, 2.75) is 19.4 Å². The molecule has 15 heavy (non-hydrogen) atoms. The van der Waals surface area contributed by atoms with Crippen LogP contribution in [0.2, 0.25) is 0 Å². The molecule has 1 N–H and O–H groups in total. The molecule has 0 aliphatic rings. The van der Waals surface area contributed by atoms with Gasteiger partial charge in [0.1, 0.15) is 0 Å². The quantitative estimate of drug-likeness (QED) is 0.741. The number of rotatable bonds is 6. The smallest absolute Gasteiger partial charge is 0.332 e. The van der Waals surface area contributed by atoms with Crippen LogP contribution in [-0.2, 0) is 9.59 Å². The summed E-state index contributed by atoms with van der Waals surface area (Å²) >= 11 is 1.31. The fourth-order valence-electron chi connectivity index (χ4n) is 1.30.